The van der Waals surface area contributed by atoms with Gasteiger partial charge >= 0.3 is 0 Å². The van der Waals surface area contributed by atoms with Crippen molar-refractivity contribution in [3.8, 4) is 0 Å². The van der Waals surface area contributed by atoms with E-state index in [1.54, 1.807) is 0 Å². The molecule has 2 unspecified atom stereocenters. The van der Waals surface area contributed by atoms with Gasteiger partial charge in [-0.25, -0.2) is 0 Å². The van der Waals surface area contributed by atoms with Crippen LogP contribution in [0, 0.1) is 0 Å². The van der Waals surface area contributed by atoms with Crippen LogP contribution < -0.4 is 10.6 Å². The summed E-state index contributed by atoms with van der Waals surface area (Å²) in [7, 11) is 2.16. The summed E-state index contributed by atoms with van der Waals surface area (Å²) < 4.78 is 0. The standard InChI is InChI=1S/C13H20N2/c1-9-8-15(3)13-5-4-11(6-10(2)14)7-12(9)13/h4-5,7,9-10H,6,8,14H2,1-3H3. The van der Waals surface area contributed by atoms with Gasteiger partial charge in [0.25, 0.3) is 0 Å². The van der Waals surface area contributed by atoms with E-state index in [2.05, 4.69) is 44.0 Å². The molecule has 82 valence electrons. The first-order chi connectivity index (χ1) is 7.08. The van der Waals surface area contributed by atoms with Crippen molar-refractivity contribution in [1.29, 1.82) is 0 Å². The molecule has 1 aromatic carbocycles. The van der Waals surface area contributed by atoms with Crippen LogP contribution in [-0.2, 0) is 6.42 Å². The lowest BCUT2D eigenvalue weighted by Crippen LogP contribution is -2.17. The predicted octanol–water partition coefficient (Wildman–Crippen LogP) is 2.13. The van der Waals surface area contributed by atoms with Crippen LogP contribution in [0.15, 0.2) is 18.2 Å². The van der Waals surface area contributed by atoms with Crippen molar-refractivity contribution in [3.05, 3.63) is 29.3 Å². The maximum atomic E-state index is 5.82. The third-order valence-corrected chi connectivity index (χ3v) is 3.14. The first kappa shape index (κ1) is 10.5. The zero-order chi connectivity index (χ0) is 11.0. The molecule has 0 aliphatic carbocycles. The molecule has 0 bridgehead atoms. The summed E-state index contributed by atoms with van der Waals surface area (Å²) in [6, 6.07) is 7.01. The molecule has 0 amide bonds. The fourth-order valence-corrected chi connectivity index (χ4v) is 2.45. The lowest BCUT2D eigenvalue weighted by atomic mass is 9.98. The molecule has 1 aliphatic rings. The second-order valence-corrected chi connectivity index (χ2v) is 4.86. The number of nitrogens with two attached hydrogens (primary N) is 1. The third kappa shape index (κ3) is 2.00. The van der Waals surface area contributed by atoms with E-state index in [1.165, 1.54) is 16.8 Å². The molecule has 0 radical (unpaired) electrons. The first-order valence-electron chi connectivity index (χ1n) is 5.67. The third-order valence-electron chi connectivity index (χ3n) is 3.14. The summed E-state index contributed by atoms with van der Waals surface area (Å²) in [5.41, 5.74) is 10.1. The molecule has 2 atom stereocenters. The average molecular weight is 204 g/mol. The van der Waals surface area contributed by atoms with Gasteiger partial charge in [0.1, 0.15) is 0 Å². The van der Waals surface area contributed by atoms with E-state index in [0.717, 1.165) is 13.0 Å². The molecular formula is C13H20N2. The van der Waals surface area contributed by atoms with Gasteiger partial charge in [-0.05, 0) is 30.5 Å². The topological polar surface area (TPSA) is 29.3 Å². The average Bonchev–Trinajstić information content (AvgIpc) is 2.41. The Morgan fingerprint density at radius 1 is 1.53 bits per heavy atom. The van der Waals surface area contributed by atoms with Crippen LogP contribution in [-0.4, -0.2) is 19.6 Å². The Morgan fingerprint density at radius 2 is 2.27 bits per heavy atom. The van der Waals surface area contributed by atoms with Crippen LogP contribution in [0.25, 0.3) is 0 Å². The van der Waals surface area contributed by atoms with Crippen LogP contribution in [0.5, 0.6) is 0 Å². The van der Waals surface area contributed by atoms with Crippen molar-refractivity contribution in [2.24, 2.45) is 5.73 Å². The molecule has 2 rings (SSSR count). The lowest BCUT2D eigenvalue weighted by Gasteiger charge is -2.12. The molecule has 0 saturated carbocycles. The van der Waals surface area contributed by atoms with Crippen LogP contribution >= 0.6 is 0 Å². The first-order valence-corrected chi connectivity index (χ1v) is 5.67. The molecule has 2 heteroatoms. The summed E-state index contributed by atoms with van der Waals surface area (Å²) in [4.78, 5) is 2.33. The van der Waals surface area contributed by atoms with Gasteiger partial charge in [0.15, 0.2) is 0 Å². The summed E-state index contributed by atoms with van der Waals surface area (Å²) in [5.74, 6) is 0.651. The van der Waals surface area contributed by atoms with E-state index in [4.69, 9.17) is 5.73 Å². The molecule has 15 heavy (non-hydrogen) atoms. The second kappa shape index (κ2) is 3.86. The van der Waals surface area contributed by atoms with Crippen molar-refractivity contribution in [3.63, 3.8) is 0 Å². The number of nitrogens with zero attached hydrogens (tertiary/aromatic N) is 1. The quantitative estimate of drug-likeness (QED) is 0.799. The molecule has 0 saturated heterocycles. The zero-order valence-electron chi connectivity index (χ0n) is 9.83. The van der Waals surface area contributed by atoms with Gasteiger partial charge in [-0.2, -0.15) is 0 Å². The Morgan fingerprint density at radius 3 is 2.93 bits per heavy atom. The molecule has 2 N–H and O–H groups in total. The van der Waals surface area contributed by atoms with Gasteiger partial charge in [0, 0.05) is 31.2 Å². The Hall–Kier alpha value is -1.02. The van der Waals surface area contributed by atoms with E-state index in [9.17, 15) is 0 Å². The number of benzene rings is 1. The number of anilines is 1. The Kier molecular flexibility index (Phi) is 2.70. The fourth-order valence-electron chi connectivity index (χ4n) is 2.45. The van der Waals surface area contributed by atoms with Gasteiger partial charge in [0.05, 0.1) is 0 Å². The number of likely N-dealkylation sites (N-methyl/N-ethyl adjacent to an activating group) is 1. The van der Waals surface area contributed by atoms with E-state index in [-0.39, 0.29) is 6.04 Å². The zero-order valence-corrected chi connectivity index (χ0v) is 9.83. The van der Waals surface area contributed by atoms with Gasteiger partial charge in [-0.1, -0.05) is 19.1 Å². The van der Waals surface area contributed by atoms with Crippen LogP contribution in [0.4, 0.5) is 5.69 Å². The summed E-state index contributed by atoms with van der Waals surface area (Å²) in [6.45, 7) is 5.48. The monoisotopic (exact) mass is 204 g/mol. The Labute approximate surface area is 92.1 Å². The van der Waals surface area contributed by atoms with Crippen molar-refractivity contribution in [2.45, 2.75) is 32.2 Å². The molecule has 2 nitrogen and oxygen atoms in total. The lowest BCUT2D eigenvalue weighted by molar-refractivity contribution is 0.735. The van der Waals surface area contributed by atoms with E-state index >= 15 is 0 Å². The van der Waals surface area contributed by atoms with Crippen LogP contribution in [0.3, 0.4) is 0 Å². The minimum atomic E-state index is 0.248. The van der Waals surface area contributed by atoms with Crippen molar-refractivity contribution < 1.29 is 0 Å². The minimum absolute atomic E-state index is 0.248. The molecule has 0 fully saturated rings. The molecule has 0 spiro atoms. The SMILES string of the molecule is CC(N)Cc1ccc2c(c1)C(C)CN2C. The Balaban J connectivity index is 2.30. The van der Waals surface area contributed by atoms with Crippen molar-refractivity contribution in [1.82, 2.24) is 0 Å². The molecular weight excluding hydrogens is 184 g/mol. The predicted molar refractivity (Wildman–Crippen MR) is 65.5 cm³/mol. The number of rotatable bonds is 2. The second-order valence-electron chi connectivity index (χ2n) is 4.86. The van der Waals surface area contributed by atoms with Gasteiger partial charge < -0.3 is 10.6 Å². The highest BCUT2D eigenvalue weighted by Crippen LogP contribution is 2.35. The Bertz CT molecular complexity index is 358. The van der Waals surface area contributed by atoms with Crippen molar-refractivity contribution in [2.75, 3.05) is 18.5 Å². The van der Waals surface area contributed by atoms with Crippen LogP contribution in [0.1, 0.15) is 30.9 Å². The number of hydrogen-bond donors (Lipinski definition) is 1. The summed E-state index contributed by atoms with van der Waals surface area (Å²) >= 11 is 0. The van der Waals surface area contributed by atoms with Gasteiger partial charge in [-0.3, -0.25) is 0 Å². The highest BCUT2D eigenvalue weighted by atomic mass is 15.1. The van der Waals surface area contributed by atoms with Gasteiger partial charge in [-0.15, -0.1) is 0 Å². The summed E-state index contributed by atoms with van der Waals surface area (Å²) in [5, 5.41) is 0. The highest BCUT2D eigenvalue weighted by Gasteiger charge is 2.22. The number of fused-ring (bicyclic) bond motifs is 1. The van der Waals surface area contributed by atoms with Crippen LogP contribution in [0.2, 0.25) is 0 Å². The smallest absolute Gasteiger partial charge is 0.0399 e. The normalized spacial score (nSPS) is 21.6. The fraction of sp³-hybridized carbons (Fsp3) is 0.538. The highest BCUT2D eigenvalue weighted by molar-refractivity contribution is 5.60. The van der Waals surface area contributed by atoms with E-state index in [0.29, 0.717) is 5.92 Å². The molecule has 0 aromatic heterocycles. The van der Waals surface area contributed by atoms with E-state index < -0.39 is 0 Å². The van der Waals surface area contributed by atoms with Gasteiger partial charge in [0.2, 0.25) is 0 Å². The maximum Gasteiger partial charge on any atom is 0.0399 e. The number of hydrogen-bond acceptors (Lipinski definition) is 2. The largest absolute Gasteiger partial charge is 0.374 e. The maximum absolute atomic E-state index is 5.82. The van der Waals surface area contributed by atoms with E-state index in [1.807, 2.05) is 0 Å². The minimum Gasteiger partial charge on any atom is -0.374 e. The summed E-state index contributed by atoms with van der Waals surface area (Å²) in [6.07, 6.45) is 0.976. The molecule has 1 aromatic rings. The molecule has 1 aliphatic heterocycles. The van der Waals surface area contributed by atoms with Crippen molar-refractivity contribution >= 4 is 5.69 Å². The molecule has 1 heterocycles.